The summed E-state index contributed by atoms with van der Waals surface area (Å²) >= 11 is 1.26. The van der Waals surface area contributed by atoms with Gasteiger partial charge in [0.2, 0.25) is 0 Å². The second-order valence-electron chi connectivity index (χ2n) is 6.00. The summed E-state index contributed by atoms with van der Waals surface area (Å²) < 4.78 is 11.9. The van der Waals surface area contributed by atoms with E-state index in [0.29, 0.717) is 42.4 Å². The summed E-state index contributed by atoms with van der Waals surface area (Å²) in [6.07, 6.45) is 0.579. The molecule has 0 radical (unpaired) electrons. The van der Waals surface area contributed by atoms with Crippen LogP contribution in [-0.2, 0) is 20.8 Å². The van der Waals surface area contributed by atoms with E-state index in [9.17, 15) is 9.59 Å². The molecule has 0 aliphatic heterocycles. The number of para-hydroxylation sites is 1. The van der Waals surface area contributed by atoms with Crippen molar-refractivity contribution in [1.82, 2.24) is 14.5 Å². The number of carbonyl (C=O) groups excluding carboxylic acids is 1. The summed E-state index contributed by atoms with van der Waals surface area (Å²) in [4.78, 5) is 33.2. The number of ether oxygens (including phenoxy) is 2. The molecule has 0 spiro atoms. The highest BCUT2D eigenvalue weighted by Gasteiger charge is 2.23. The van der Waals surface area contributed by atoms with Crippen LogP contribution in [0.1, 0.15) is 20.3 Å². The molecule has 0 bridgehead atoms. The van der Waals surface area contributed by atoms with Crippen molar-refractivity contribution in [3.8, 4) is 0 Å². The van der Waals surface area contributed by atoms with Gasteiger partial charge in [-0.05, 0) is 19.4 Å². The molecule has 8 heteroatoms. The number of aromatic amines is 1. The molecule has 0 aliphatic carbocycles. The third-order valence-electron chi connectivity index (χ3n) is 4.26. The van der Waals surface area contributed by atoms with Crippen LogP contribution >= 0.6 is 11.8 Å². The maximum Gasteiger partial charge on any atom is 0.319 e. The minimum atomic E-state index is -0.423. The van der Waals surface area contributed by atoms with Crippen molar-refractivity contribution in [2.24, 2.45) is 0 Å². The number of thioether (sulfide) groups is 1. The predicted molar refractivity (Wildman–Crippen MR) is 106 cm³/mol. The molecule has 2 aromatic heterocycles. The fourth-order valence-corrected chi connectivity index (χ4v) is 3.94. The zero-order chi connectivity index (χ0) is 19.4. The number of methoxy groups -OCH3 is 1. The van der Waals surface area contributed by atoms with Crippen LogP contribution in [0.3, 0.4) is 0 Å². The van der Waals surface area contributed by atoms with E-state index in [1.54, 1.807) is 18.6 Å². The fraction of sp³-hybridized carbons (Fsp3) is 0.421. The van der Waals surface area contributed by atoms with Gasteiger partial charge in [-0.3, -0.25) is 14.2 Å². The molecule has 3 aromatic rings. The van der Waals surface area contributed by atoms with Crippen LogP contribution in [0.4, 0.5) is 0 Å². The zero-order valence-electron chi connectivity index (χ0n) is 15.7. The van der Waals surface area contributed by atoms with Gasteiger partial charge in [0, 0.05) is 18.0 Å². The van der Waals surface area contributed by atoms with Crippen LogP contribution in [0.2, 0.25) is 0 Å². The molecule has 0 fully saturated rings. The molecule has 1 N–H and O–H groups in total. The summed E-state index contributed by atoms with van der Waals surface area (Å²) in [5.41, 5.74) is 1.76. The van der Waals surface area contributed by atoms with Crippen molar-refractivity contribution in [3.05, 3.63) is 34.6 Å². The molecule has 2 heterocycles. The van der Waals surface area contributed by atoms with Gasteiger partial charge in [-0.15, -0.1) is 0 Å². The number of hydrogen-bond acceptors (Lipinski definition) is 6. The molecule has 1 aromatic carbocycles. The van der Waals surface area contributed by atoms with Crippen LogP contribution in [0.5, 0.6) is 0 Å². The lowest BCUT2D eigenvalue weighted by Crippen LogP contribution is -2.27. The second kappa shape index (κ2) is 8.58. The van der Waals surface area contributed by atoms with Crippen molar-refractivity contribution in [1.29, 1.82) is 0 Å². The number of esters is 1. The highest BCUT2D eigenvalue weighted by Crippen LogP contribution is 2.28. The molecule has 0 saturated carbocycles. The molecule has 3 rings (SSSR count). The number of benzene rings is 1. The van der Waals surface area contributed by atoms with Gasteiger partial charge in [0.1, 0.15) is 16.3 Å². The van der Waals surface area contributed by atoms with Crippen molar-refractivity contribution in [3.63, 3.8) is 0 Å². The number of aromatic nitrogens is 3. The van der Waals surface area contributed by atoms with E-state index < -0.39 is 5.25 Å². The van der Waals surface area contributed by atoms with E-state index in [1.165, 1.54) is 11.8 Å². The van der Waals surface area contributed by atoms with Crippen LogP contribution in [0.25, 0.3) is 21.9 Å². The molecular weight excluding hydrogens is 366 g/mol. The van der Waals surface area contributed by atoms with Crippen molar-refractivity contribution in [2.45, 2.75) is 37.2 Å². The smallest absolute Gasteiger partial charge is 0.319 e. The number of hydrogen-bond donors (Lipinski definition) is 1. The molecule has 0 unspecified atom stereocenters. The number of rotatable bonds is 8. The summed E-state index contributed by atoms with van der Waals surface area (Å²) in [5.74, 6) is -0.295. The Balaban J connectivity index is 2.14. The van der Waals surface area contributed by atoms with Gasteiger partial charge in [0.25, 0.3) is 5.56 Å². The molecule has 0 saturated heterocycles. The topological polar surface area (TPSA) is 86.2 Å². The van der Waals surface area contributed by atoms with Gasteiger partial charge in [-0.1, -0.05) is 36.9 Å². The predicted octanol–water partition coefficient (Wildman–Crippen LogP) is 2.96. The van der Waals surface area contributed by atoms with Gasteiger partial charge in [-0.25, -0.2) is 4.98 Å². The van der Waals surface area contributed by atoms with Crippen LogP contribution in [-0.4, -0.2) is 46.1 Å². The van der Waals surface area contributed by atoms with Crippen molar-refractivity contribution >= 4 is 39.7 Å². The monoisotopic (exact) mass is 389 g/mol. The highest BCUT2D eigenvalue weighted by molar-refractivity contribution is 8.00. The zero-order valence-corrected chi connectivity index (χ0v) is 16.5. The maximum atomic E-state index is 13.1. The van der Waals surface area contributed by atoms with E-state index in [2.05, 4.69) is 4.98 Å². The van der Waals surface area contributed by atoms with Crippen LogP contribution in [0.15, 0.2) is 34.2 Å². The van der Waals surface area contributed by atoms with Crippen molar-refractivity contribution < 1.29 is 14.3 Å². The first-order chi connectivity index (χ1) is 13.1. The minimum Gasteiger partial charge on any atom is -0.465 e. The van der Waals surface area contributed by atoms with Gasteiger partial charge < -0.3 is 14.5 Å². The Morgan fingerprint density at radius 1 is 1.33 bits per heavy atom. The molecule has 0 amide bonds. The SMILES string of the molecule is CCOC(=O)[C@H](CC)Sc1nc2c([nH]c3ccccc32)c(=O)n1CCOC. The summed E-state index contributed by atoms with van der Waals surface area (Å²) in [7, 11) is 1.58. The van der Waals surface area contributed by atoms with Crippen molar-refractivity contribution in [2.75, 3.05) is 20.3 Å². The Morgan fingerprint density at radius 3 is 2.81 bits per heavy atom. The summed E-state index contributed by atoms with van der Waals surface area (Å²) in [6, 6.07) is 7.66. The standard InChI is InChI=1S/C19H23N3O4S/c1-4-14(18(24)26-5-2)27-19-21-15-12-8-6-7-9-13(12)20-16(15)17(23)22(19)10-11-25-3/h6-9,14,20H,4-5,10-11H2,1-3H3/t14-/m0/s1. The maximum absolute atomic E-state index is 13.1. The van der Waals surface area contributed by atoms with Crippen LogP contribution in [0, 0.1) is 0 Å². The Morgan fingerprint density at radius 2 is 2.11 bits per heavy atom. The van der Waals surface area contributed by atoms with E-state index in [-0.39, 0.29) is 11.5 Å². The number of nitrogens with zero attached hydrogens (tertiary/aromatic N) is 2. The number of carbonyl (C=O) groups is 1. The molecule has 7 nitrogen and oxygen atoms in total. The molecule has 27 heavy (non-hydrogen) atoms. The third kappa shape index (κ3) is 3.86. The van der Waals surface area contributed by atoms with Gasteiger partial charge >= 0.3 is 5.97 Å². The Kier molecular flexibility index (Phi) is 6.18. The molecule has 144 valence electrons. The summed E-state index contributed by atoms with van der Waals surface area (Å²) in [5, 5.41) is 0.956. The lowest BCUT2D eigenvalue weighted by Gasteiger charge is -2.16. The Bertz CT molecular complexity index is 1010. The van der Waals surface area contributed by atoms with Crippen LogP contribution < -0.4 is 5.56 Å². The number of nitrogens with one attached hydrogen (secondary N) is 1. The Labute approximate surface area is 161 Å². The lowest BCUT2D eigenvalue weighted by molar-refractivity contribution is -0.142. The van der Waals surface area contributed by atoms with E-state index >= 15 is 0 Å². The van der Waals surface area contributed by atoms with Gasteiger partial charge in [0.05, 0.1) is 19.8 Å². The minimum absolute atomic E-state index is 0.172. The Hall–Kier alpha value is -2.32. The first kappa shape index (κ1) is 19.4. The first-order valence-electron chi connectivity index (χ1n) is 8.94. The van der Waals surface area contributed by atoms with Gasteiger partial charge in [0.15, 0.2) is 5.16 Å². The largest absolute Gasteiger partial charge is 0.465 e. The van der Waals surface area contributed by atoms with E-state index in [1.807, 2.05) is 31.2 Å². The highest BCUT2D eigenvalue weighted by atomic mass is 32.2. The van der Waals surface area contributed by atoms with E-state index in [0.717, 1.165) is 10.9 Å². The molecule has 1 atom stereocenters. The fourth-order valence-electron chi connectivity index (χ4n) is 2.91. The normalized spacial score (nSPS) is 12.6. The van der Waals surface area contributed by atoms with E-state index in [4.69, 9.17) is 14.5 Å². The molecule has 0 aliphatic rings. The quantitative estimate of drug-likeness (QED) is 0.362. The molecular formula is C19H23N3O4S. The third-order valence-corrected chi connectivity index (χ3v) is 5.60. The second-order valence-corrected chi connectivity index (χ2v) is 7.17. The average molecular weight is 389 g/mol. The number of H-pyrrole nitrogens is 1. The lowest BCUT2D eigenvalue weighted by atomic mass is 10.2. The average Bonchev–Trinajstić information content (AvgIpc) is 3.05. The summed E-state index contributed by atoms with van der Waals surface area (Å²) in [6.45, 7) is 4.74. The van der Waals surface area contributed by atoms with Gasteiger partial charge in [-0.2, -0.15) is 0 Å². The first-order valence-corrected chi connectivity index (χ1v) is 9.82. The number of fused-ring (bicyclic) bond motifs is 3.